The normalized spacial score (nSPS) is 10.9. The number of hydrogen-bond donors (Lipinski definition) is 1. The second-order valence-corrected chi connectivity index (χ2v) is 5.34. The molecule has 1 aromatic heterocycles. The number of aromatic nitrogens is 1. The van der Waals surface area contributed by atoms with E-state index in [0.717, 1.165) is 6.54 Å². The lowest BCUT2D eigenvalue weighted by molar-refractivity contribution is 0.837. The third kappa shape index (κ3) is 2.18. The number of nitrogens with zero attached hydrogens (tertiary/aromatic N) is 1. The number of nitrogens with one attached hydrogen (secondary N) is 1. The first kappa shape index (κ1) is 12.8. The van der Waals surface area contributed by atoms with E-state index in [1.54, 1.807) is 0 Å². The molecule has 3 aromatic rings. The van der Waals surface area contributed by atoms with Gasteiger partial charge in [-0.3, -0.25) is 0 Å². The summed E-state index contributed by atoms with van der Waals surface area (Å²) in [5.41, 5.74) is 5.19. The van der Waals surface area contributed by atoms with Crippen molar-refractivity contribution < 1.29 is 0 Å². The van der Waals surface area contributed by atoms with Crippen LogP contribution >= 0.6 is 0 Å². The Bertz CT molecular complexity index is 748. The minimum absolute atomic E-state index is 0.863. The first-order valence-electron chi connectivity index (χ1n) is 7.00. The third-order valence-corrected chi connectivity index (χ3v) is 4.14. The molecule has 2 nitrogen and oxygen atoms in total. The van der Waals surface area contributed by atoms with Crippen molar-refractivity contribution in [1.82, 2.24) is 4.57 Å². The van der Waals surface area contributed by atoms with Crippen molar-refractivity contribution in [3.8, 4) is 0 Å². The Morgan fingerprint density at radius 3 is 2.50 bits per heavy atom. The highest BCUT2D eigenvalue weighted by atomic mass is 15.0. The fourth-order valence-corrected chi connectivity index (χ4v) is 2.68. The van der Waals surface area contributed by atoms with Crippen LogP contribution in [-0.2, 0) is 13.6 Å². The molecule has 102 valence electrons. The van der Waals surface area contributed by atoms with Crippen LogP contribution in [0.2, 0.25) is 0 Å². The highest BCUT2D eigenvalue weighted by Gasteiger charge is 2.06. The molecule has 0 aliphatic carbocycles. The maximum absolute atomic E-state index is 3.57. The Labute approximate surface area is 120 Å². The van der Waals surface area contributed by atoms with Gasteiger partial charge in [-0.25, -0.2) is 0 Å². The molecule has 0 amide bonds. The van der Waals surface area contributed by atoms with E-state index in [0.29, 0.717) is 0 Å². The van der Waals surface area contributed by atoms with Crippen LogP contribution in [0.15, 0.2) is 48.5 Å². The Kier molecular flexibility index (Phi) is 3.23. The van der Waals surface area contributed by atoms with Gasteiger partial charge in [0.05, 0.1) is 0 Å². The van der Waals surface area contributed by atoms with Crippen LogP contribution in [0.5, 0.6) is 0 Å². The fraction of sp³-hybridized carbons (Fsp3) is 0.222. The number of benzene rings is 2. The van der Waals surface area contributed by atoms with Gasteiger partial charge in [-0.2, -0.15) is 0 Å². The van der Waals surface area contributed by atoms with E-state index in [2.05, 4.69) is 79.3 Å². The Balaban J connectivity index is 1.89. The predicted octanol–water partition coefficient (Wildman–Crippen LogP) is 4.41. The molecule has 0 spiro atoms. The molecule has 0 radical (unpaired) electrons. The van der Waals surface area contributed by atoms with E-state index >= 15 is 0 Å². The summed E-state index contributed by atoms with van der Waals surface area (Å²) in [6, 6.07) is 17.1. The minimum Gasteiger partial charge on any atom is -0.380 e. The SMILES string of the molecule is Cc1cc(CNc2cccc3ccccc23)c(C)n1C. The molecule has 0 atom stereocenters. The van der Waals surface area contributed by atoms with Crippen molar-refractivity contribution in [2.75, 3.05) is 5.32 Å². The summed E-state index contributed by atoms with van der Waals surface area (Å²) in [4.78, 5) is 0. The van der Waals surface area contributed by atoms with Crippen molar-refractivity contribution in [3.05, 3.63) is 65.5 Å². The second kappa shape index (κ2) is 5.04. The summed E-state index contributed by atoms with van der Waals surface area (Å²) in [5.74, 6) is 0. The molecule has 0 aliphatic heterocycles. The van der Waals surface area contributed by atoms with E-state index in [1.807, 2.05) is 0 Å². The average molecular weight is 264 g/mol. The Morgan fingerprint density at radius 1 is 1.00 bits per heavy atom. The van der Waals surface area contributed by atoms with Gasteiger partial charge in [0.15, 0.2) is 0 Å². The fourth-order valence-electron chi connectivity index (χ4n) is 2.68. The summed E-state index contributed by atoms with van der Waals surface area (Å²) in [7, 11) is 2.12. The van der Waals surface area contributed by atoms with Gasteiger partial charge in [-0.05, 0) is 36.9 Å². The van der Waals surface area contributed by atoms with Crippen LogP contribution in [0.3, 0.4) is 0 Å². The summed E-state index contributed by atoms with van der Waals surface area (Å²) >= 11 is 0. The molecular weight excluding hydrogens is 244 g/mol. The molecule has 0 aliphatic rings. The number of aryl methyl sites for hydroxylation is 1. The van der Waals surface area contributed by atoms with Gasteiger partial charge in [0.2, 0.25) is 0 Å². The maximum Gasteiger partial charge on any atom is 0.0422 e. The zero-order valence-electron chi connectivity index (χ0n) is 12.3. The quantitative estimate of drug-likeness (QED) is 0.741. The van der Waals surface area contributed by atoms with E-state index in [-0.39, 0.29) is 0 Å². The van der Waals surface area contributed by atoms with Gasteiger partial charge in [-0.1, -0.05) is 36.4 Å². The lowest BCUT2D eigenvalue weighted by Crippen LogP contribution is -2.01. The maximum atomic E-state index is 3.57. The van der Waals surface area contributed by atoms with Gasteiger partial charge in [0.25, 0.3) is 0 Å². The zero-order valence-corrected chi connectivity index (χ0v) is 12.3. The van der Waals surface area contributed by atoms with Gasteiger partial charge < -0.3 is 9.88 Å². The lowest BCUT2D eigenvalue weighted by atomic mass is 10.1. The molecule has 2 heteroatoms. The summed E-state index contributed by atoms with van der Waals surface area (Å²) < 4.78 is 2.24. The van der Waals surface area contributed by atoms with Crippen LogP contribution in [0.4, 0.5) is 5.69 Å². The van der Waals surface area contributed by atoms with Gasteiger partial charge in [0, 0.05) is 36.1 Å². The van der Waals surface area contributed by atoms with Crippen LogP contribution in [0, 0.1) is 13.8 Å². The van der Waals surface area contributed by atoms with Crippen molar-refractivity contribution in [2.24, 2.45) is 7.05 Å². The van der Waals surface area contributed by atoms with Crippen LogP contribution < -0.4 is 5.32 Å². The highest BCUT2D eigenvalue weighted by Crippen LogP contribution is 2.24. The topological polar surface area (TPSA) is 17.0 Å². The largest absolute Gasteiger partial charge is 0.380 e. The van der Waals surface area contributed by atoms with E-state index < -0.39 is 0 Å². The highest BCUT2D eigenvalue weighted by molar-refractivity contribution is 5.93. The molecule has 0 saturated heterocycles. The molecule has 2 aromatic carbocycles. The molecule has 20 heavy (non-hydrogen) atoms. The average Bonchev–Trinajstić information content (AvgIpc) is 2.72. The molecule has 1 N–H and O–H groups in total. The van der Waals surface area contributed by atoms with Crippen LogP contribution in [-0.4, -0.2) is 4.57 Å². The van der Waals surface area contributed by atoms with Crippen molar-refractivity contribution in [1.29, 1.82) is 0 Å². The monoisotopic (exact) mass is 264 g/mol. The number of anilines is 1. The van der Waals surface area contributed by atoms with E-state index in [9.17, 15) is 0 Å². The van der Waals surface area contributed by atoms with Crippen molar-refractivity contribution >= 4 is 16.5 Å². The molecule has 0 bridgehead atoms. The first-order valence-corrected chi connectivity index (χ1v) is 7.00. The number of hydrogen-bond acceptors (Lipinski definition) is 1. The molecule has 0 fully saturated rings. The zero-order chi connectivity index (χ0) is 14.1. The number of fused-ring (bicyclic) bond motifs is 1. The molecule has 3 rings (SSSR count). The van der Waals surface area contributed by atoms with Crippen LogP contribution in [0.25, 0.3) is 10.8 Å². The molecule has 0 unspecified atom stereocenters. The molecule has 1 heterocycles. The Hall–Kier alpha value is -2.22. The second-order valence-electron chi connectivity index (χ2n) is 5.34. The van der Waals surface area contributed by atoms with Gasteiger partial charge in [-0.15, -0.1) is 0 Å². The smallest absolute Gasteiger partial charge is 0.0422 e. The van der Waals surface area contributed by atoms with Gasteiger partial charge in [0.1, 0.15) is 0 Å². The van der Waals surface area contributed by atoms with Crippen molar-refractivity contribution in [2.45, 2.75) is 20.4 Å². The minimum atomic E-state index is 0.863. The first-order chi connectivity index (χ1) is 9.66. The summed E-state index contributed by atoms with van der Waals surface area (Å²) in [6.45, 7) is 5.18. The molecule has 0 saturated carbocycles. The Morgan fingerprint density at radius 2 is 1.75 bits per heavy atom. The number of rotatable bonds is 3. The third-order valence-electron chi connectivity index (χ3n) is 4.14. The van der Waals surface area contributed by atoms with E-state index in [1.165, 1.54) is 33.4 Å². The summed E-state index contributed by atoms with van der Waals surface area (Å²) in [6.07, 6.45) is 0. The van der Waals surface area contributed by atoms with Gasteiger partial charge >= 0.3 is 0 Å². The van der Waals surface area contributed by atoms with Crippen LogP contribution in [0.1, 0.15) is 17.0 Å². The van der Waals surface area contributed by atoms with Crippen molar-refractivity contribution in [3.63, 3.8) is 0 Å². The predicted molar refractivity (Wildman–Crippen MR) is 86.2 cm³/mol. The van der Waals surface area contributed by atoms with E-state index in [4.69, 9.17) is 0 Å². The summed E-state index contributed by atoms with van der Waals surface area (Å²) in [5, 5.41) is 6.13. The standard InChI is InChI=1S/C18H20N2/c1-13-11-16(14(2)20(13)3)12-19-18-10-6-8-15-7-4-5-9-17(15)18/h4-11,19H,12H2,1-3H3. The molecular formula is C18H20N2. The lowest BCUT2D eigenvalue weighted by Gasteiger charge is -2.10.